The van der Waals surface area contributed by atoms with Gasteiger partial charge in [0.1, 0.15) is 0 Å². The second kappa shape index (κ2) is 4.40. The summed E-state index contributed by atoms with van der Waals surface area (Å²) in [6.45, 7) is 2.04. The van der Waals surface area contributed by atoms with Crippen molar-refractivity contribution in [3.05, 3.63) is 35.4 Å². The summed E-state index contributed by atoms with van der Waals surface area (Å²) in [5.41, 5.74) is 0.681. The zero-order valence-corrected chi connectivity index (χ0v) is 7.32. The summed E-state index contributed by atoms with van der Waals surface area (Å²) in [5, 5.41) is 0. The van der Waals surface area contributed by atoms with Gasteiger partial charge in [-0.05, 0) is 13.0 Å². The molecule has 1 aromatic rings. The Hall–Kier alpha value is -1.64. The Morgan fingerprint density at radius 3 is 2.77 bits per heavy atom. The molecule has 3 nitrogen and oxygen atoms in total. The summed E-state index contributed by atoms with van der Waals surface area (Å²) < 4.78 is 4.77. The van der Waals surface area contributed by atoms with Gasteiger partial charge in [-0.25, -0.2) is 4.79 Å². The summed E-state index contributed by atoms with van der Waals surface area (Å²) in [7, 11) is 0. The van der Waals surface area contributed by atoms with Gasteiger partial charge in [0.25, 0.3) is 0 Å². The maximum atomic E-state index is 11.2. The third kappa shape index (κ3) is 2.15. The minimum atomic E-state index is -0.454. The van der Waals surface area contributed by atoms with Gasteiger partial charge in [0.05, 0.1) is 12.2 Å². The Morgan fingerprint density at radius 1 is 1.46 bits per heavy atom. The van der Waals surface area contributed by atoms with E-state index in [-0.39, 0.29) is 0 Å². The van der Waals surface area contributed by atoms with Crippen molar-refractivity contribution in [1.29, 1.82) is 0 Å². The van der Waals surface area contributed by atoms with Crippen molar-refractivity contribution in [3.8, 4) is 0 Å². The average molecular weight is 178 g/mol. The van der Waals surface area contributed by atoms with Gasteiger partial charge in [-0.3, -0.25) is 4.79 Å². The zero-order chi connectivity index (χ0) is 9.68. The van der Waals surface area contributed by atoms with Crippen molar-refractivity contribution in [1.82, 2.24) is 0 Å². The molecule has 13 heavy (non-hydrogen) atoms. The maximum absolute atomic E-state index is 11.2. The molecule has 0 aromatic heterocycles. The molecule has 0 fully saturated rings. The average Bonchev–Trinajstić information content (AvgIpc) is 2.18. The number of ether oxygens (including phenoxy) is 1. The van der Waals surface area contributed by atoms with Gasteiger partial charge >= 0.3 is 5.97 Å². The standard InChI is InChI=1S/C10H10O3/c1-2-13-10(12)9-6-4-3-5-8(9)7-11/h3-7H,2H2,1H3. The van der Waals surface area contributed by atoms with E-state index in [4.69, 9.17) is 4.74 Å². The first-order valence-electron chi connectivity index (χ1n) is 4.01. The molecule has 0 aliphatic heterocycles. The Morgan fingerprint density at radius 2 is 2.15 bits per heavy atom. The van der Waals surface area contributed by atoms with Crippen LogP contribution in [0.25, 0.3) is 0 Å². The Balaban J connectivity index is 2.98. The number of carbonyl (C=O) groups is 2. The number of hydrogen-bond acceptors (Lipinski definition) is 3. The summed E-state index contributed by atoms with van der Waals surface area (Å²) in [5.74, 6) is -0.454. The first-order chi connectivity index (χ1) is 6.29. The minimum absolute atomic E-state index is 0.312. The van der Waals surface area contributed by atoms with Gasteiger partial charge in [-0.2, -0.15) is 0 Å². The zero-order valence-electron chi connectivity index (χ0n) is 7.32. The van der Waals surface area contributed by atoms with Gasteiger partial charge < -0.3 is 4.74 Å². The van der Waals surface area contributed by atoms with Crippen LogP contribution < -0.4 is 0 Å². The number of esters is 1. The highest BCUT2D eigenvalue weighted by Gasteiger charge is 2.09. The molecule has 3 heteroatoms. The molecule has 0 radical (unpaired) electrons. The first-order valence-corrected chi connectivity index (χ1v) is 4.01. The predicted molar refractivity (Wildman–Crippen MR) is 47.8 cm³/mol. The van der Waals surface area contributed by atoms with Crippen molar-refractivity contribution in [2.45, 2.75) is 6.92 Å². The molecular formula is C10H10O3. The van der Waals surface area contributed by atoms with Crippen molar-refractivity contribution in [2.75, 3.05) is 6.61 Å². The number of aldehydes is 1. The number of benzene rings is 1. The molecule has 0 bridgehead atoms. The van der Waals surface area contributed by atoms with Gasteiger partial charge in [0, 0.05) is 5.56 Å². The lowest BCUT2D eigenvalue weighted by Crippen LogP contribution is -2.07. The van der Waals surface area contributed by atoms with E-state index < -0.39 is 5.97 Å². The van der Waals surface area contributed by atoms with Crippen molar-refractivity contribution >= 4 is 12.3 Å². The lowest BCUT2D eigenvalue weighted by atomic mass is 10.1. The van der Waals surface area contributed by atoms with Crippen LogP contribution in [0.1, 0.15) is 27.6 Å². The lowest BCUT2D eigenvalue weighted by Gasteiger charge is -2.02. The quantitative estimate of drug-likeness (QED) is 0.522. The summed E-state index contributed by atoms with van der Waals surface area (Å²) in [6, 6.07) is 6.55. The van der Waals surface area contributed by atoms with E-state index in [1.165, 1.54) is 0 Å². The van der Waals surface area contributed by atoms with E-state index in [1.807, 2.05) is 0 Å². The molecule has 0 spiro atoms. The molecule has 0 aliphatic rings. The van der Waals surface area contributed by atoms with Gasteiger partial charge in [0.2, 0.25) is 0 Å². The normalized spacial score (nSPS) is 9.31. The van der Waals surface area contributed by atoms with Crippen LogP contribution in [0.2, 0.25) is 0 Å². The van der Waals surface area contributed by atoms with E-state index in [2.05, 4.69) is 0 Å². The highest BCUT2D eigenvalue weighted by Crippen LogP contribution is 2.07. The summed E-state index contributed by atoms with van der Waals surface area (Å²) in [6.07, 6.45) is 0.645. The molecule has 0 atom stereocenters. The molecule has 1 aromatic carbocycles. The van der Waals surface area contributed by atoms with Crippen LogP contribution in [0.3, 0.4) is 0 Å². The van der Waals surface area contributed by atoms with Crippen LogP contribution in [0.4, 0.5) is 0 Å². The number of carbonyl (C=O) groups excluding carboxylic acids is 2. The molecule has 0 amide bonds. The topological polar surface area (TPSA) is 43.4 Å². The van der Waals surface area contributed by atoms with Crippen LogP contribution in [0, 0.1) is 0 Å². The molecule has 0 heterocycles. The maximum Gasteiger partial charge on any atom is 0.338 e. The van der Waals surface area contributed by atoms with Crippen molar-refractivity contribution in [3.63, 3.8) is 0 Å². The lowest BCUT2D eigenvalue weighted by molar-refractivity contribution is 0.0524. The van der Waals surface area contributed by atoms with Crippen molar-refractivity contribution in [2.24, 2.45) is 0 Å². The second-order valence-corrected chi connectivity index (χ2v) is 2.43. The number of hydrogen-bond donors (Lipinski definition) is 0. The highest BCUT2D eigenvalue weighted by atomic mass is 16.5. The summed E-state index contributed by atoms with van der Waals surface area (Å²) in [4.78, 5) is 21.8. The van der Waals surface area contributed by atoms with Crippen LogP contribution >= 0.6 is 0 Å². The third-order valence-electron chi connectivity index (χ3n) is 1.58. The smallest absolute Gasteiger partial charge is 0.338 e. The van der Waals surface area contributed by atoms with E-state index >= 15 is 0 Å². The largest absolute Gasteiger partial charge is 0.462 e. The molecule has 0 N–H and O–H groups in total. The molecule has 0 unspecified atom stereocenters. The molecule has 1 rings (SSSR count). The van der Waals surface area contributed by atoms with Crippen LogP contribution in [0.15, 0.2) is 24.3 Å². The molecule has 68 valence electrons. The Kier molecular flexibility index (Phi) is 3.20. The summed E-state index contributed by atoms with van der Waals surface area (Å²) >= 11 is 0. The monoisotopic (exact) mass is 178 g/mol. The van der Waals surface area contributed by atoms with Crippen molar-refractivity contribution < 1.29 is 14.3 Å². The van der Waals surface area contributed by atoms with Gasteiger partial charge in [-0.15, -0.1) is 0 Å². The highest BCUT2D eigenvalue weighted by molar-refractivity contribution is 5.98. The van der Waals surface area contributed by atoms with E-state index in [0.717, 1.165) is 0 Å². The number of rotatable bonds is 3. The van der Waals surface area contributed by atoms with E-state index in [0.29, 0.717) is 24.0 Å². The fraction of sp³-hybridized carbons (Fsp3) is 0.200. The van der Waals surface area contributed by atoms with Crippen LogP contribution in [-0.4, -0.2) is 18.9 Å². The minimum Gasteiger partial charge on any atom is -0.462 e. The molecule has 0 saturated heterocycles. The Labute approximate surface area is 76.3 Å². The van der Waals surface area contributed by atoms with E-state index in [9.17, 15) is 9.59 Å². The van der Waals surface area contributed by atoms with Crippen LogP contribution in [0.5, 0.6) is 0 Å². The first kappa shape index (κ1) is 9.45. The molecule has 0 saturated carbocycles. The van der Waals surface area contributed by atoms with E-state index in [1.54, 1.807) is 31.2 Å². The van der Waals surface area contributed by atoms with Crippen LogP contribution in [-0.2, 0) is 4.74 Å². The third-order valence-corrected chi connectivity index (χ3v) is 1.58. The Bertz CT molecular complexity index is 318. The fourth-order valence-corrected chi connectivity index (χ4v) is 0.995. The fourth-order valence-electron chi connectivity index (χ4n) is 0.995. The molecule has 0 aliphatic carbocycles. The van der Waals surface area contributed by atoms with Gasteiger partial charge in [0.15, 0.2) is 6.29 Å². The van der Waals surface area contributed by atoms with Gasteiger partial charge in [-0.1, -0.05) is 18.2 Å². The second-order valence-electron chi connectivity index (χ2n) is 2.43. The SMILES string of the molecule is CCOC(=O)c1ccccc1C=O. The molecular weight excluding hydrogens is 168 g/mol. The predicted octanol–water partition coefficient (Wildman–Crippen LogP) is 1.68.